The first kappa shape index (κ1) is 13.0. The lowest BCUT2D eigenvalue weighted by molar-refractivity contribution is -0.120. The van der Waals surface area contributed by atoms with Gasteiger partial charge in [-0.15, -0.1) is 11.6 Å². The molecule has 1 aromatic carbocycles. The molecule has 1 amide bonds. The average Bonchev–Trinajstić information content (AvgIpc) is 2.27. The van der Waals surface area contributed by atoms with Crippen LogP contribution in [-0.4, -0.2) is 17.8 Å². The molecular formula is C13H18ClNO. The molecule has 2 nitrogen and oxygen atoms in total. The third-order valence-electron chi connectivity index (χ3n) is 2.23. The number of hydrogen-bond acceptors (Lipinski definition) is 1. The molecule has 1 atom stereocenters. The van der Waals surface area contributed by atoms with E-state index in [0.29, 0.717) is 18.9 Å². The predicted octanol–water partition coefficient (Wildman–Crippen LogP) is 2.61. The Hall–Kier alpha value is -1.02. The van der Waals surface area contributed by atoms with Gasteiger partial charge in [-0.05, 0) is 17.9 Å². The van der Waals surface area contributed by atoms with Crippen LogP contribution in [0, 0.1) is 5.92 Å². The highest BCUT2D eigenvalue weighted by molar-refractivity contribution is 6.30. The van der Waals surface area contributed by atoms with E-state index in [-0.39, 0.29) is 5.91 Å². The number of benzene rings is 1. The summed E-state index contributed by atoms with van der Waals surface area (Å²) in [6.07, 6.45) is 0.576. The maximum Gasteiger partial charge on any atom is 0.238 e. The van der Waals surface area contributed by atoms with Gasteiger partial charge in [0, 0.05) is 6.54 Å². The van der Waals surface area contributed by atoms with Crippen molar-refractivity contribution in [2.45, 2.75) is 25.6 Å². The van der Waals surface area contributed by atoms with Crippen molar-refractivity contribution < 1.29 is 4.79 Å². The molecule has 0 saturated heterocycles. The second kappa shape index (κ2) is 6.54. The summed E-state index contributed by atoms with van der Waals surface area (Å²) in [5, 5.41) is 2.35. The van der Waals surface area contributed by atoms with E-state index >= 15 is 0 Å². The maximum absolute atomic E-state index is 11.6. The van der Waals surface area contributed by atoms with E-state index in [1.54, 1.807) is 0 Å². The monoisotopic (exact) mass is 239 g/mol. The first-order chi connectivity index (χ1) is 7.59. The van der Waals surface area contributed by atoms with Crippen molar-refractivity contribution in [3.05, 3.63) is 35.9 Å². The molecule has 0 fully saturated rings. The Balaban J connectivity index is 2.40. The van der Waals surface area contributed by atoms with Gasteiger partial charge in [0.2, 0.25) is 5.91 Å². The molecular weight excluding hydrogens is 222 g/mol. The van der Waals surface area contributed by atoms with Gasteiger partial charge >= 0.3 is 0 Å². The Morgan fingerprint density at radius 3 is 2.50 bits per heavy atom. The van der Waals surface area contributed by atoms with Crippen molar-refractivity contribution in [3.8, 4) is 0 Å². The minimum atomic E-state index is -0.485. The summed E-state index contributed by atoms with van der Waals surface area (Å²) in [5.41, 5.74) is 1.09. The number of hydrogen-bond donors (Lipinski definition) is 1. The van der Waals surface area contributed by atoms with Crippen LogP contribution in [0.3, 0.4) is 0 Å². The number of carbonyl (C=O) groups excluding carboxylic acids is 1. The highest BCUT2D eigenvalue weighted by atomic mass is 35.5. The predicted molar refractivity (Wildman–Crippen MR) is 67.6 cm³/mol. The van der Waals surface area contributed by atoms with Crippen LogP contribution in [-0.2, 0) is 11.2 Å². The quantitative estimate of drug-likeness (QED) is 0.787. The standard InChI is InChI=1S/C13H18ClNO/c1-10(2)9-15-13(16)12(14)8-11-6-4-3-5-7-11/h3-7,10,12H,8-9H2,1-2H3,(H,15,16). The normalized spacial score (nSPS) is 12.5. The summed E-state index contributed by atoms with van der Waals surface area (Å²) < 4.78 is 0. The minimum absolute atomic E-state index is 0.0841. The Labute approximate surface area is 102 Å². The summed E-state index contributed by atoms with van der Waals surface area (Å²) in [5.74, 6) is 0.365. The van der Waals surface area contributed by atoms with Crippen molar-refractivity contribution in [3.63, 3.8) is 0 Å². The number of nitrogens with one attached hydrogen (secondary N) is 1. The number of halogens is 1. The molecule has 0 saturated carbocycles. The van der Waals surface area contributed by atoms with Gasteiger partial charge in [-0.3, -0.25) is 4.79 Å². The molecule has 1 unspecified atom stereocenters. The van der Waals surface area contributed by atoms with E-state index in [0.717, 1.165) is 5.56 Å². The van der Waals surface area contributed by atoms with Crippen LogP contribution in [0.2, 0.25) is 0 Å². The molecule has 3 heteroatoms. The van der Waals surface area contributed by atoms with Crippen molar-refractivity contribution in [1.82, 2.24) is 5.32 Å². The molecule has 1 N–H and O–H groups in total. The molecule has 0 radical (unpaired) electrons. The van der Waals surface area contributed by atoms with E-state index in [1.807, 2.05) is 30.3 Å². The molecule has 0 bridgehead atoms. The Bertz CT molecular complexity index is 324. The molecule has 1 rings (SSSR count). The molecule has 0 aliphatic rings. The Morgan fingerprint density at radius 2 is 1.94 bits per heavy atom. The van der Waals surface area contributed by atoms with Crippen LogP contribution in [0.4, 0.5) is 0 Å². The van der Waals surface area contributed by atoms with Gasteiger partial charge in [0.25, 0.3) is 0 Å². The van der Waals surface area contributed by atoms with Crippen LogP contribution in [0.25, 0.3) is 0 Å². The van der Waals surface area contributed by atoms with Gasteiger partial charge in [-0.2, -0.15) is 0 Å². The SMILES string of the molecule is CC(C)CNC(=O)C(Cl)Cc1ccccc1. The second-order valence-electron chi connectivity index (χ2n) is 4.30. The van der Waals surface area contributed by atoms with E-state index in [9.17, 15) is 4.79 Å². The topological polar surface area (TPSA) is 29.1 Å². The molecule has 0 spiro atoms. The van der Waals surface area contributed by atoms with Crippen molar-refractivity contribution in [1.29, 1.82) is 0 Å². The minimum Gasteiger partial charge on any atom is -0.355 e. The van der Waals surface area contributed by atoms with Crippen LogP contribution in [0.15, 0.2) is 30.3 Å². The second-order valence-corrected chi connectivity index (χ2v) is 4.82. The van der Waals surface area contributed by atoms with E-state index in [4.69, 9.17) is 11.6 Å². The fourth-order valence-corrected chi connectivity index (χ4v) is 1.58. The Morgan fingerprint density at radius 1 is 1.31 bits per heavy atom. The number of rotatable bonds is 5. The first-order valence-electron chi connectivity index (χ1n) is 5.55. The molecule has 0 aromatic heterocycles. The third-order valence-corrected chi connectivity index (χ3v) is 2.58. The number of carbonyl (C=O) groups is 1. The van der Waals surface area contributed by atoms with Crippen LogP contribution in [0.1, 0.15) is 19.4 Å². The third kappa shape index (κ3) is 4.67. The van der Waals surface area contributed by atoms with Gasteiger partial charge < -0.3 is 5.32 Å². The Kier molecular flexibility index (Phi) is 5.33. The maximum atomic E-state index is 11.6. The van der Waals surface area contributed by atoms with Crippen molar-refractivity contribution in [2.24, 2.45) is 5.92 Å². The molecule has 0 heterocycles. The van der Waals surface area contributed by atoms with Crippen LogP contribution in [0.5, 0.6) is 0 Å². The first-order valence-corrected chi connectivity index (χ1v) is 5.99. The van der Waals surface area contributed by atoms with Crippen molar-refractivity contribution >= 4 is 17.5 Å². The van der Waals surface area contributed by atoms with E-state index in [1.165, 1.54) is 0 Å². The summed E-state index contributed by atoms with van der Waals surface area (Å²) >= 11 is 6.04. The summed E-state index contributed by atoms with van der Waals surface area (Å²) in [4.78, 5) is 11.6. The molecule has 16 heavy (non-hydrogen) atoms. The van der Waals surface area contributed by atoms with Crippen molar-refractivity contribution in [2.75, 3.05) is 6.54 Å². The molecule has 0 aliphatic carbocycles. The summed E-state index contributed by atoms with van der Waals surface area (Å²) in [7, 11) is 0. The largest absolute Gasteiger partial charge is 0.355 e. The van der Waals surface area contributed by atoms with E-state index in [2.05, 4.69) is 19.2 Å². The van der Waals surface area contributed by atoms with E-state index < -0.39 is 5.38 Å². The average molecular weight is 240 g/mol. The highest BCUT2D eigenvalue weighted by Crippen LogP contribution is 2.08. The van der Waals surface area contributed by atoms with Gasteiger partial charge in [0.1, 0.15) is 5.38 Å². The highest BCUT2D eigenvalue weighted by Gasteiger charge is 2.15. The number of alkyl halides is 1. The summed E-state index contributed by atoms with van der Waals surface area (Å²) in [6.45, 7) is 4.79. The smallest absolute Gasteiger partial charge is 0.238 e. The summed E-state index contributed by atoms with van der Waals surface area (Å²) in [6, 6.07) is 9.80. The fraction of sp³-hybridized carbons (Fsp3) is 0.462. The zero-order chi connectivity index (χ0) is 12.0. The molecule has 88 valence electrons. The zero-order valence-electron chi connectivity index (χ0n) is 9.74. The number of amides is 1. The zero-order valence-corrected chi connectivity index (χ0v) is 10.5. The fourth-order valence-electron chi connectivity index (χ4n) is 1.33. The lowest BCUT2D eigenvalue weighted by Gasteiger charge is -2.12. The molecule has 1 aromatic rings. The van der Waals surface area contributed by atoms with Crippen LogP contribution >= 0.6 is 11.6 Å². The lowest BCUT2D eigenvalue weighted by Crippen LogP contribution is -2.34. The lowest BCUT2D eigenvalue weighted by atomic mass is 10.1. The van der Waals surface area contributed by atoms with Gasteiger partial charge in [-0.25, -0.2) is 0 Å². The van der Waals surface area contributed by atoms with Gasteiger partial charge in [0.15, 0.2) is 0 Å². The molecule has 0 aliphatic heterocycles. The van der Waals surface area contributed by atoms with Crippen LogP contribution < -0.4 is 5.32 Å². The van der Waals surface area contributed by atoms with Gasteiger partial charge in [0.05, 0.1) is 0 Å². The van der Waals surface area contributed by atoms with Gasteiger partial charge in [-0.1, -0.05) is 44.2 Å².